The lowest BCUT2D eigenvalue weighted by Crippen LogP contribution is -2.64. The van der Waals surface area contributed by atoms with Crippen molar-refractivity contribution in [2.45, 2.75) is 248 Å². The number of rotatable bonds is 23. The van der Waals surface area contributed by atoms with Crippen LogP contribution in [0.4, 0.5) is 5.69 Å². The van der Waals surface area contributed by atoms with Crippen molar-refractivity contribution in [1.82, 2.24) is 55.6 Å². The molecule has 1 heterocycles. The number of benzene rings is 1. The van der Waals surface area contributed by atoms with E-state index in [9.17, 15) is 34.2 Å². The number of anilines is 1. The summed E-state index contributed by atoms with van der Waals surface area (Å²) in [4.78, 5) is 173. The van der Waals surface area contributed by atoms with Crippen LogP contribution in [0.3, 0.4) is 0 Å². The first-order chi connectivity index (χ1) is 45.6. The summed E-state index contributed by atoms with van der Waals surface area (Å²) in [6.07, 6.45) is 1.52. The van der Waals surface area contributed by atoms with Gasteiger partial charge in [-0.1, -0.05) is 109 Å². The Balaban J connectivity index is 3.12. The number of nitrogen functional groups attached to an aromatic ring is 1. The minimum absolute atomic E-state index is 0.0208. The highest BCUT2D eigenvalue weighted by atomic mass is 32.2. The first-order valence-electron chi connectivity index (χ1n) is 35.4. The zero-order valence-electron chi connectivity index (χ0n) is 63.5. The maximum Gasteiger partial charge on any atom is 0.246 e. The maximum atomic E-state index is 15.5. The highest BCUT2D eigenvalue weighted by Gasteiger charge is 2.46. The molecular weight excluding hydrogens is 1270 g/mol. The predicted molar refractivity (Wildman–Crippen MR) is 385 cm³/mol. The molecule has 0 bridgehead atoms. The molecule has 26 heteroatoms. The molecule has 0 saturated carbocycles. The first kappa shape index (κ1) is 87.5. The summed E-state index contributed by atoms with van der Waals surface area (Å²) in [6.45, 7) is 28.1. The van der Waals surface area contributed by atoms with Gasteiger partial charge in [0, 0.05) is 67.4 Å². The number of likely N-dealkylation sites (N-methyl/N-ethyl adjacent to an activating group) is 7. The molecule has 25 nitrogen and oxygen atoms in total. The predicted octanol–water partition coefficient (Wildman–Crippen LogP) is 4.78. The largest absolute Gasteiger partial charge is 0.399 e. The van der Waals surface area contributed by atoms with Gasteiger partial charge >= 0.3 is 0 Å². The van der Waals surface area contributed by atoms with Gasteiger partial charge in [0.25, 0.3) is 0 Å². The summed E-state index contributed by atoms with van der Waals surface area (Å²) >= 11 is 1.35. The number of aryl methyl sites for hydroxylation is 1. The number of nitrogens with one attached hydrogen (secondary N) is 4. The molecule has 558 valence electrons. The number of hydrogen-bond donors (Lipinski definition) is 7. The number of carbonyl (C=O) groups excluding carboxylic acids is 11. The lowest BCUT2D eigenvalue weighted by molar-refractivity contribution is -0.157. The fourth-order valence-corrected chi connectivity index (χ4v) is 13.7. The quantitative estimate of drug-likeness (QED) is 0.0573. The third kappa shape index (κ3) is 25.3. The van der Waals surface area contributed by atoms with Crippen molar-refractivity contribution < 1.29 is 63.0 Å². The number of aliphatic hydroxyl groups excluding tert-OH is 2. The third-order valence-electron chi connectivity index (χ3n) is 18.7. The van der Waals surface area contributed by atoms with Gasteiger partial charge in [0.2, 0.25) is 65.0 Å². The zero-order chi connectivity index (χ0) is 75.1. The standard InChI is InChI=1S/C72H126N12O13S/c1-24-52-67(92)82(21)57(40-98-34-26-25-33-85)70(95)78(17)54(36-42(4)5)64(89)77-58(45(10)11)71(96)79(18)53(35-41(2)3)63(88)74-48(15)62(87)75-49(16)66(91)80(19)55(37-43(6)7)68(93)81(20)56(38-44(8)9)69(94)83(22)59(46(12)13)72(97)84(23)60(65(90)76-52)61(86)47(14)29-27-30-50-31-28-32-51(73)39-50/h28,31-32,39,41-49,52-61,85-86H,24-27,29-30,33-38,40,73H2,1-23H3,(H,74,88)(H,75,87)(H,76,90)(H,77,89)/t47-,48-,49+,52+,53-,54+,55+,56+,57-,58-,59+,60+,61-/m1/s1. The molecular formula is C72H126N12O13S. The number of aliphatic hydroxyl groups is 2. The molecule has 0 radical (unpaired) electrons. The molecule has 11 amide bonds. The van der Waals surface area contributed by atoms with Crippen molar-refractivity contribution in [3.8, 4) is 0 Å². The fraction of sp³-hybridized carbons (Fsp3) is 0.764. The van der Waals surface area contributed by atoms with Gasteiger partial charge in [-0.3, -0.25) is 52.7 Å². The van der Waals surface area contributed by atoms with Gasteiger partial charge in [-0.15, -0.1) is 0 Å². The molecule has 0 spiro atoms. The molecule has 1 aromatic rings. The maximum absolute atomic E-state index is 15.5. The van der Waals surface area contributed by atoms with E-state index in [0.29, 0.717) is 43.5 Å². The Morgan fingerprint density at radius 2 is 0.929 bits per heavy atom. The van der Waals surface area contributed by atoms with Crippen molar-refractivity contribution in [3.05, 3.63) is 29.8 Å². The highest BCUT2D eigenvalue weighted by Crippen LogP contribution is 2.27. The van der Waals surface area contributed by atoms with Crippen LogP contribution in [0, 0.1) is 41.4 Å². The van der Waals surface area contributed by atoms with Gasteiger partial charge in [0.05, 0.1) is 6.10 Å². The van der Waals surface area contributed by atoms with E-state index in [0.717, 1.165) is 10.5 Å². The van der Waals surface area contributed by atoms with Crippen LogP contribution in [0.2, 0.25) is 0 Å². The van der Waals surface area contributed by atoms with Gasteiger partial charge in [-0.05, 0) is 143 Å². The van der Waals surface area contributed by atoms with Crippen molar-refractivity contribution in [2.24, 2.45) is 41.4 Å². The monoisotopic (exact) mass is 1400 g/mol. The topological polar surface area (TPSA) is 325 Å². The van der Waals surface area contributed by atoms with Crippen LogP contribution in [0.25, 0.3) is 0 Å². The number of nitrogens with two attached hydrogens (primary N) is 1. The molecule has 8 N–H and O–H groups in total. The summed E-state index contributed by atoms with van der Waals surface area (Å²) in [5, 5.41) is 33.4. The van der Waals surface area contributed by atoms with E-state index >= 15 is 28.8 Å². The van der Waals surface area contributed by atoms with Gasteiger partial charge < -0.3 is 71.5 Å². The van der Waals surface area contributed by atoms with E-state index in [1.165, 1.54) is 104 Å². The highest BCUT2D eigenvalue weighted by molar-refractivity contribution is 7.99. The molecule has 2 rings (SSSR count). The van der Waals surface area contributed by atoms with Crippen LogP contribution in [0.15, 0.2) is 24.3 Å². The van der Waals surface area contributed by atoms with Crippen molar-refractivity contribution >= 4 is 82.4 Å². The van der Waals surface area contributed by atoms with E-state index in [4.69, 9.17) is 5.73 Å². The summed E-state index contributed by atoms with van der Waals surface area (Å²) in [7, 11) is 10.0. The normalized spacial score (nSPS) is 25.6. The van der Waals surface area contributed by atoms with Gasteiger partial charge in [-0.2, -0.15) is 11.8 Å². The Kier molecular flexibility index (Phi) is 36.9. The van der Waals surface area contributed by atoms with Gasteiger partial charge in [0.15, 0.2) is 0 Å². The van der Waals surface area contributed by atoms with E-state index < -0.39 is 155 Å². The number of nitrogens with zero attached hydrogens (tertiary/aromatic N) is 7. The van der Waals surface area contributed by atoms with Crippen LogP contribution in [-0.4, -0.2) is 250 Å². The zero-order valence-corrected chi connectivity index (χ0v) is 64.3. The minimum Gasteiger partial charge on any atom is -0.399 e. The smallest absolute Gasteiger partial charge is 0.246 e. The Morgan fingerprint density at radius 3 is 1.42 bits per heavy atom. The second kappa shape index (κ2) is 41.3. The number of amides is 11. The Morgan fingerprint density at radius 1 is 0.480 bits per heavy atom. The fourth-order valence-electron chi connectivity index (χ4n) is 12.6. The average molecular weight is 1400 g/mol. The van der Waals surface area contributed by atoms with E-state index in [1.54, 1.807) is 47.6 Å². The average Bonchev–Trinajstić information content (AvgIpc) is 0.807. The van der Waals surface area contributed by atoms with Crippen LogP contribution < -0.4 is 27.0 Å². The van der Waals surface area contributed by atoms with E-state index in [-0.39, 0.29) is 68.1 Å². The molecule has 13 atom stereocenters. The number of thioether (sulfide) groups is 1. The number of carbonyl (C=O) groups is 11. The molecule has 1 fully saturated rings. The molecule has 1 aliphatic heterocycles. The molecule has 0 aromatic heterocycles. The molecule has 0 aliphatic carbocycles. The second-order valence-corrected chi connectivity index (χ2v) is 30.8. The summed E-state index contributed by atoms with van der Waals surface area (Å²) in [6, 6.07) is -6.59. The second-order valence-electron chi connectivity index (χ2n) is 29.6. The minimum atomic E-state index is -1.67. The lowest BCUT2D eigenvalue weighted by atomic mass is 9.89. The molecule has 1 saturated heterocycles. The Hall–Kier alpha value is -6.54. The summed E-state index contributed by atoms with van der Waals surface area (Å²) < 4.78 is 0. The van der Waals surface area contributed by atoms with Crippen LogP contribution >= 0.6 is 11.8 Å². The molecule has 1 aliphatic rings. The number of hydrogen-bond acceptors (Lipinski definition) is 15. The van der Waals surface area contributed by atoms with Crippen molar-refractivity contribution in [3.63, 3.8) is 0 Å². The summed E-state index contributed by atoms with van der Waals surface area (Å²) in [5.74, 6) is -9.55. The third-order valence-corrected chi connectivity index (χ3v) is 19.8. The van der Waals surface area contributed by atoms with E-state index in [2.05, 4.69) is 21.3 Å². The van der Waals surface area contributed by atoms with Crippen LogP contribution in [-0.2, 0) is 59.2 Å². The number of unbranched alkanes of at least 4 members (excludes halogenated alkanes) is 1. The van der Waals surface area contributed by atoms with Gasteiger partial charge in [0.1, 0.15) is 66.5 Å². The SMILES string of the molecule is CC[C@@H]1NC(=O)[C@H]([C@H](O)[C@H](C)CCCc2cccc(N)c2)N(C)C(=O)[C@H](C(C)C)N(C)C(=O)[C@H](CC(C)C)N(C)C(=O)[C@H](CC(C)C)N(C)C(=O)[C@H](C)NC(=O)[C@@H](C)NC(=O)[C@@H](CC(C)C)N(C)C(=O)[C@@H](C(C)C)NC(=O)[C@H](CC(C)C)N(C)C(=O)[C@@H](CSCCCCO)N(C)C1=O. The summed E-state index contributed by atoms with van der Waals surface area (Å²) in [5.41, 5.74) is 7.64. The molecule has 0 unspecified atom stereocenters. The molecule has 98 heavy (non-hydrogen) atoms. The molecule has 1 aromatic carbocycles. The van der Waals surface area contributed by atoms with Crippen LogP contribution in [0.1, 0.15) is 174 Å². The van der Waals surface area contributed by atoms with Crippen molar-refractivity contribution in [2.75, 3.05) is 73.2 Å². The van der Waals surface area contributed by atoms with Crippen molar-refractivity contribution in [1.29, 1.82) is 0 Å². The Bertz CT molecular complexity index is 2800. The Labute approximate surface area is 590 Å². The lowest BCUT2D eigenvalue weighted by Gasteiger charge is -2.41. The first-order valence-corrected chi connectivity index (χ1v) is 36.5. The van der Waals surface area contributed by atoms with E-state index in [1.807, 2.05) is 73.6 Å². The van der Waals surface area contributed by atoms with Gasteiger partial charge in [-0.25, -0.2) is 0 Å². The van der Waals surface area contributed by atoms with Crippen LogP contribution in [0.5, 0.6) is 0 Å².